The molecule has 0 aromatic rings. The highest BCUT2D eigenvalue weighted by Gasteiger charge is 2.18. The smallest absolute Gasteiger partial charge is 0.409 e. The van der Waals surface area contributed by atoms with E-state index in [-0.39, 0.29) is 6.09 Å². The van der Waals surface area contributed by atoms with Crippen LogP contribution in [-0.4, -0.2) is 43.9 Å². The van der Waals surface area contributed by atoms with Crippen LogP contribution < -0.4 is 0 Å². The molecule has 1 amide bonds. The molecule has 0 bridgehead atoms. The van der Waals surface area contributed by atoms with Gasteiger partial charge in [-0.3, -0.25) is 0 Å². The van der Waals surface area contributed by atoms with E-state index in [9.17, 15) is 4.79 Å². The molecule has 1 saturated heterocycles. The zero-order valence-corrected chi connectivity index (χ0v) is 11.9. The average molecular weight is 275 g/mol. The average Bonchev–Trinajstić information content (AvgIpc) is 2.74. The van der Waals surface area contributed by atoms with Crippen LogP contribution in [0.2, 0.25) is 0 Å². The van der Waals surface area contributed by atoms with Gasteiger partial charge in [0.25, 0.3) is 0 Å². The van der Waals surface area contributed by atoms with Gasteiger partial charge in [0.05, 0.1) is 19.8 Å². The number of amides is 1. The molecular weight excluding hydrogens is 254 g/mol. The Balaban J connectivity index is 1.72. The van der Waals surface area contributed by atoms with Gasteiger partial charge in [0.1, 0.15) is 0 Å². The van der Waals surface area contributed by atoms with Gasteiger partial charge < -0.3 is 14.4 Å². The summed E-state index contributed by atoms with van der Waals surface area (Å²) in [5.74, 6) is 0.294. The molecule has 4 heteroatoms. The van der Waals surface area contributed by atoms with E-state index in [1.54, 1.807) is 4.90 Å². The van der Waals surface area contributed by atoms with Crippen molar-refractivity contribution in [1.82, 2.24) is 4.90 Å². The molecule has 1 fully saturated rings. The van der Waals surface area contributed by atoms with Gasteiger partial charge in [-0.05, 0) is 30.1 Å². The number of allylic oxidation sites excluding steroid dienone is 5. The van der Waals surface area contributed by atoms with Crippen LogP contribution in [0.5, 0.6) is 0 Å². The lowest BCUT2D eigenvalue weighted by atomic mass is 10.0. The fourth-order valence-electron chi connectivity index (χ4n) is 2.14. The van der Waals surface area contributed by atoms with Crippen molar-refractivity contribution in [3.63, 3.8) is 0 Å². The largest absolute Gasteiger partial charge is 0.449 e. The highest BCUT2D eigenvalue weighted by Crippen LogP contribution is 2.15. The van der Waals surface area contributed by atoms with Crippen LogP contribution in [0.1, 0.15) is 13.3 Å². The lowest BCUT2D eigenvalue weighted by Gasteiger charge is -2.26. The third-order valence-electron chi connectivity index (χ3n) is 3.24. The van der Waals surface area contributed by atoms with Gasteiger partial charge in [-0.25, -0.2) is 4.79 Å². The molecule has 1 heterocycles. The van der Waals surface area contributed by atoms with Gasteiger partial charge >= 0.3 is 6.09 Å². The first-order valence-electron chi connectivity index (χ1n) is 7.03. The Kier molecular flexibility index (Phi) is 5.66. The zero-order valence-electron chi connectivity index (χ0n) is 11.9. The topological polar surface area (TPSA) is 38.8 Å². The molecule has 108 valence electrons. The van der Waals surface area contributed by atoms with Crippen LogP contribution in [0.25, 0.3) is 0 Å². The van der Waals surface area contributed by atoms with Crippen molar-refractivity contribution in [3.05, 3.63) is 41.7 Å². The van der Waals surface area contributed by atoms with E-state index >= 15 is 0 Å². The Morgan fingerprint density at radius 2 is 2.25 bits per heavy atom. The summed E-state index contributed by atoms with van der Waals surface area (Å²) in [7, 11) is 0. The van der Waals surface area contributed by atoms with E-state index in [0.29, 0.717) is 38.8 Å². The normalized spacial score (nSPS) is 19.4. The molecule has 0 aromatic carbocycles. The van der Waals surface area contributed by atoms with Crippen LogP contribution in [-0.2, 0) is 9.47 Å². The highest BCUT2D eigenvalue weighted by molar-refractivity contribution is 5.67. The maximum Gasteiger partial charge on any atom is 0.409 e. The first-order chi connectivity index (χ1) is 9.75. The first kappa shape index (κ1) is 14.6. The van der Waals surface area contributed by atoms with Crippen LogP contribution in [0, 0.1) is 5.92 Å². The Labute approximate surface area is 120 Å². The molecular formula is C16H21NO3. The SMILES string of the molecule is CC(COC(=O)N1CCOCC1)CC1=CC=C=CC=C1. The number of hydrogen-bond donors (Lipinski definition) is 0. The monoisotopic (exact) mass is 275 g/mol. The lowest BCUT2D eigenvalue weighted by molar-refractivity contribution is 0.0236. The summed E-state index contributed by atoms with van der Waals surface area (Å²) in [6, 6.07) is 0. The Morgan fingerprint density at radius 1 is 1.45 bits per heavy atom. The summed E-state index contributed by atoms with van der Waals surface area (Å²) < 4.78 is 10.6. The minimum atomic E-state index is -0.230. The minimum absolute atomic E-state index is 0.230. The second kappa shape index (κ2) is 7.73. The zero-order chi connectivity index (χ0) is 14.2. The molecule has 1 atom stereocenters. The van der Waals surface area contributed by atoms with E-state index in [4.69, 9.17) is 9.47 Å². The summed E-state index contributed by atoms with van der Waals surface area (Å²) in [6.07, 6.45) is 10.5. The summed E-state index contributed by atoms with van der Waals surface area (Å²) in [6.45, 7) is 4.97. The van der Waals surface area contributed by atoms with Gasteiger partial charge in [0.15, 0.2) is 0 Å². The van der Waals surface area contributed by atoms with Crippen molar-refractivity contribution in [3.8, 4) is 0 Å². The predicted molar refractivity (Wildman–Crippen MR) is 77.4 cm³/mol. The van der Waals surface area contributed by atoms with Gasteiger partial charge in [0, 0.05) is 13.1 Å². The second-order valence-corrected chi connectivity index (χ2v) is 5.09. The van der Waals surface area contributed by atoms with E-state index in [0.717, 1.165) is 6.42 Å². The first-order valence-corrected chi connectivity index (χ1v) is 7.03. The summed E-state index contributed by atoms with van der Waals surface area (Å²) >= 11 is 0. The number of ether oxygens (including phenoxy) is 2. The third-order valence-corrected chi connectivity index (χ3v) is 3.24. The Bertz CT molecular complexity index is 452. The maximum atomic E-state index is 11.8. The Morgan fingerprint density at radius 3 is 3.05 bits per heavy atom. The van der Waals surface area contributed by atoms with E-state index in [1.165, 1.54) is 5.57 Å². The third kappa shape index (κ3) is 4.72. The Hall–Kier alpha value is -1.77. The second-order valence-electron chi connectivity index (χ2n) is 5.09. The van der Waals surface area contributed by atoms with E-state index in [1.807, 2.05) is 24.3 Å². The van der Waals surface area contributed by atoms with Gasteiger partial charge in [0.2, 0.25) is 0 Å². The van der Waals surface area contributed by atoms with Crippen molar-refractivity contribution in [2.45, 2.75) is 13.3 Å². The molecule has 20 heavy (non-hydrogen) atoms. The van der Waals surface area contributed by atoms with E-state index < -0.39 is 0 Å². The molecule has 0 radical (unpaired) electrons. The number of hydrogen-bond acceptors (Lipinski definition) is 3. The number of carbonyl (C=O) groups excluding carboxylic acids is 1. The number of morpholine rings is 1. The number of carbonyl (C=O) groups is 1. The minimum Gasteiger partial charge on any atom is -0.449 e. The van der Waals surface area contributed by atoms with Crippen molar-refractivity contribution in [2.24, 2.45) is 5.92 Å². The molecule has 1 unspecified atom stereocenters. The fourth-order valence-corrected chi connectivity index (χ4v) is 2.14. The van der Waals surface area contributed by atoms with Crippen LogP contribution in [0.15, 0.2) is 41.7 Å². The van der Waals surface area contributed by atoms with Crippen molar-refractivity contribution >= 4 is 6.09 Å². The standard InChI is InChI=1S/C16H21NO3/c1-14(12-15-6-4-2-3-5-7-15)13-20-16(18)17-8-10-19-11-9-17/h2,4-7,14H,8-13H2,1H3. The molecule has 4 nitrogen and oxygen atoms in total. The van der Waals surface area contributed by atoms with Crippen LogP contribution in [0.4, 0.5) is 4.79 Å². The summed E-state index contributed by atoms with van der Waals surface area (Å²) in [5.41, 5.74) is 4.25. The van der Waals surface area contributed by atoms with Crippen molar-refractivity contribution in [1.29, 1.82) is 0 Å². The molecule has 0 saturated carbocycles. The number of nitrogens with zero attached hydrogens (tertiary/aromatic N) is 1. The lowest BCUT2D eigenvalue weighted by Crippen LogP contribution is -2.41. The molecule has 0 aromatic heterocycles. The molecule has 0 N–H and O–H groups in total. The predicted octanol–water partition coefficient (Wildman–Crippen LogP) is 2.69. The summed E-state index contributed by atoms with van der Waals surface area (Å²) in [5, 5.41) is 0. The molecule has 1 aliphatic carbocycles. The van der Waals surface area contributed by atoms with Crippen LogP contribution >= 0.6 is 0 Å². The molecule has 0 spiro atoms. The van der Waals surface area contributed by atoms with Gasteiger partial charge in [-0.1, -0.05) is 25.2 Å². The van der Waals surface area contributed by atoms with Gasteiger partial charge in [-0.2, -0.15) is 0 Å². The highest BCUT2D eigenvalue weighted by atomic mass is 16.6. The quantitative estimate of drug-likeness (QED) is 0.740. The van der Waals surface area contributed by atoms with E-state index in [2.05, 4.69) is 18.7 Å². The molecule has 2 rings (SSSR count). The van der Waals surface area contributed by atoms with Gasteiger partial charge in [-0.15, -0.1) is 5.73 Å². The molecule has 1 aliphatic heterocycles. The van der Waals surface area contributed by atoms with Crippen LogP contribution in [0.3, 0.4) is 0 Å². The number of rotatable bonds is 4. The van der Waals surface area contributed by atoms with Crippen molar-refractivity contribution < 1.29 is 14.3 Å². The fraction of sp³-hybridized carbons (Fsp3) is 0.500. The summed E-state index contributed by atoms with van der Waals surface area (Å²) in [4.78, 5) is 13.6. The van der Waals surface area contributed by atoms with Crippen molar-refractivity contribution in [2.75, 3.05) is 32.9 Å². The molecule has 2 aliphatic rings. The maximum absolute atomic E-state index is 11.8.